The standard InChI is InChI=1S/C29H28NSSi.C5H8O2.Ir/c1-19(2)25-16-22(17-28-26(25)18-27(31-28)20-9-7-6-8-10-20)29-24-12-11-23(32(3,4)5)15-21(24)13-14-30-29;1-4(6)3-5(2)7;/h6-16,18-19H,1-5H3;3,6H,1-2H3;/q-1;;/b;4-3-;. The van der Waals surface area contributed by atoms with Crippen LogP contribution in [0.1, 0.15) is 39.2 Å². The molecule has 5 rings (SSSR count). The number of aliphatic hydroxyl groups excluding tert-OH is 1. The molecule has 0 amide bonds. The Labute approximate surface area is 256 Å². The Kier molecular flexibility index (Phi) is 10.4. The molecule has 6 heteroatoms. The molecule has 0 fully saturated rings. The van der Waals surface area contributed by atoms with Gasteiger partial charge in [-0.2, -0.15) is 11.3 Å². The summed E-state index contributed by atoms with van der Waals surface area (Å²) < 4.78 is 1.21. The van der Waals surface area contributed by atoms with Crippen molar-refractivity contribution in [1.82, 2.24) is 4.98 Å². The number of ketones is 1. The van der Waals surface area contributed by atoms with E-state index in [-0.39, 0.29) is 31.6 Å². The summed E-state index contributed by atoms with van der Waals surface area (Å²) in [7, 11) is -1.36. The first-order chi connectivity index (χ1) is 18.4. The number of nitrogens with zero attached hydrogens (tertiary/aromatic N) is 1. The van der Waals surface area contributed by atoms with Gasteiger partial charge in [-0.15, -0.1) is 23.3 Å². The number of hydrogen-bond donors (Lipinski definition) is 1. The molecule has 0 bridgehead atoms. The second kappa shape index (κ2) is 13.2. The van der Waals surface area contributed by atoms with E-state index >= 15 is 0 Å². The van der Waals surface area contributed by atoms with Crippen LogP contribution in [0.5, 0.6) is 0 Å². The SMILES string of the molecule is CC(=O)/C=C(/C)O.CC(C)c1cc(-c2nccc3cc([Si](C)(C)C)ccc23)[c-]c2sc(-c3ccccc3)cc12.[Ir]. The number of thiophene rings is 1. The van der Waals surface area contributed by atoms with E-state index in [2.05, 4.69) is 106 Å². The molecule has 3 nitrogen and oxygen atoms in total. The summed E-state index contributed by atoms with van der Waals surface area (Å²) in [5, 5.41) is 13.6. The third-order valence-electron chi connectivity index (χ3n) is 6.57. The number of fused-ring (bicyclic) bond motifs is 2. The molecule has 0 aliphatic rings. The fourth-order valence-corrected chi connectivity index (χ4v) is 6.86. The molecule has 3 aromatic carbocycles. The van der Waals surface area contributed by atoms with Crippen LogP contribution in [0.4, 0.5) is 0 Å². The van der Waals surface area contributed by atoms with Crippen LogP contribution in [0.25, 0.3) is 42.6 Å². The second-order valence-corrected chi connectivity index (χ2v) is 17.4. The summed E-state index contributed by atoms with van der Waals surface area (Å²) in [5.41, 5.74) is 4.75. The zero-order valence-corrected chi connectivity index (χ0v) is 28.3. The third kappa shape index (κ3) is 7.44. The second-order valence-electron chi connectivity index (χ2n) is 11.3. The summed E-state index contributed by atoms with van der Waals surface area (Å²) in [6.07, 6.45) is 3.11. The number of rotatable bonds is 5. The van der Waals surface area contributed by atoms with Crippen molar-refractivity contribution in [2.75, 3.05) is 0 Å². The largest absolute Gasteiger partial charge is 0.512 e. The minimum absolute atomic E-state index is 0. The van der Waals surface area contributed by atoms with Crippen molar-refractivity contribution in [3.05, 3.63) is 96.4 Å². The summed E-state index contributed by atoms with van der Waals surface area (Å²) in [6, 6.07) is 28.1. The van der Waals surface area contributed by atoms with Crippen LogP contribution in [0.15, 0.2) is 84.8 Å². The molecule has 5 aromatic rings. The van der Waals surface area contributed by atoms with Crippen LogP contribution in [-0.2, 0) is 24.9 Å². The Bertz CT molecular complexity index is 1660. The molecule has 2 aromatic heterocycles. The van der Waals surface area contributed by atoms with Gasteiger partial charge in [0.15, 0.2) is 5.78 Å². The van der Waals surface area contributed by atoms with E-state index in [4.69, 9.17) is 10.1 Å². The van der Waals surface area contributed by atoms with Crippen molar-refractivity contribution in [3.8, 4) is 21.7 Å². The topological polar surface area (TPSA) is 50.2 Å². The summed E-state index contributed by atoms with van der Waals surface area (Å²) in [5.74, 6) is 0.366. The minimum Gasteiger partial charge on any atom is -0.512 e. The smallest absolute Gasteiger partial charge is 0.155 e. The Hall–Kier alpha value is -2.89. The van der Waals surface area contributed by atoms with Crippen molar-refractivity contribution in [3.63, 3.8) is 0 Å². The molecule has 209 valence electrons. The van der Waals surface area contributed by atoms with Gasteiger partial charge in [0, 0.05) is 37.3 Å². The first-order valence-electron chi connectivity index (χ1n) is 13.3. The normalized spacial score (nSPS) is 11.8. The van der Waals surface area contributed by atoms with Gasteiger partial charge in [0.1, 0.15) is 0 Å². The third-order valence-corrected chi connectivity index (χ3v) is 9.71. The van der Waals surface area contributed by atoms with Gasteiger partial charge < -0.3 is 10.1 Å². The zero-order chi connectivity index (χ0) is 28.3. The quantitative estimate of drug-likeness (QED) is 0.0846. The Morgan fingerprint density at radius 2 is 1.68 bits per heavy atom. The van der Waals surface area contributed by atoms with E-state index in [9.17, 15) is 4.79 Å². The van der Waals surface area contributed by atoms with Crippen LogP contribution in [0.3, 0.4) is 0 Å². The van der Waals surface area contributed by atoms with Crippen LogP contribution in [0.2, 0.25) is 19.6 Å². The molecule has 40 heavy (non-hydrogen) atoms. The predicted octanol–water partition coefficient (Wildman–Crippen LogP) is 9.29. The molecule has 2 heterocycles. The zero-order valence-electron chi connectivity index (χ0n) is 24.1. The van der Waals surface area contributed by atoms with Gasteiger partial charge in [0.2, 0.25) is 0 Å². The van der Waals surface area contributed by atoms with E-state index < -0.39 is 8.07 Å². The van der Waals surface area contributed by atoms with E-state index in [1.54, 1.807) is 0 Å². The number of aliphatic hydroxyl groups is 1. The monoisotopic (exact) mass is 743 g/mol. The Balaban J connectivity index is 0.000000492. The molecule has 0 saturated heterocycles. The van der Waals surface area contributed by atoms with Gasteiger partial charge in [0.25, 0.3) is 0 Å². The van der Waals surface area contributed by atoms with Gasteiger partial charge in [-0.1, -0.05) is 98.7 Å². The summed E-state index contributed by atoms with van der Waals surface area (Å²) >= 11 is 1.82. The fourth-order valence-electron chi connectivity index (χ4n) is 4.59. The van der Waals surface area contributed by atoms with Gasteiger partial charge in [-0.05, 0) is 52.6 Å². The van der Waals surface area contributed by atoms with Gasteiger partial charge in [-0.3, -0.25) is 4.79 Å². The average Bonchev–Trinajstić information content (AvgIpc) is 3.31. The Morgan fingerprint density at radius 1 is 0.975 bits per heavy atom. The number of hydrogen-bond acceptors (Lipinski definition) is 4. The molecule has 0 aliphatic carbocycles. The maximum atomic E-state index is 10.0. The van der Waals surface area contributed by atoms with E-state index in [0.29, 0.717) is 5.92 Å². The number of carbonyl (C=O) groups is 1. The van der Waals surface area contributed by atoms with E-state index in [1.165, 1.54) is 62.0 Å². The van der Waals surface area contributed by atoms with Crippen molar-refractivity contribution in [2.45, 2.75) is 53.3 Å². The molecule has 0 spiro atoms. The number of carbonyl (C=O) groups excluding carboxylic acids is 1. The molecule has 0 aliphatic heterocycles. The van der Waals surface area contributed by atoms with Gasteiger partial charge >= 0.3 is 0 Å². The maximum Gasteiger partial charge on any atom is 0.155 e. The van der Waals surface area contributed by atoms with Crippen LogP contribution in [-0.4, -0.2) is 23.9 Å². The van der Waals surface area contributed by atoms with E-state index in [0.717, 1.165) is 11.3 Å². The summed E-state index contributed by atoms with van der Waals surface area (Å²) in [4.78, 5) is 16.1. The molecule has 0 atom stereocenters. The molecular weight excluding hydrogens is 707 g/mol. The predicted molar refractivity (Wildman–Crippen MR) is 171 cm³/mol. The first-order valence-corrected chi connectivity index (χ1v) is 17.6. The van der Waals surface area contributed by atoms with Crippen LogP contribution in [0, 0.1) is 6.07 Å². The van der Waals surface area contributed by atoms with Crippen molar-refractivity contribution < 1.29 is 30.0 Å². The molecule has 1 N–H and O–H groups in total. The molecule has 0 unspecified atom stereocenters. The molecular formula is C34H36IrNO2SSi-. The minimum atomic E-state index is -1.36. The average molecular weight is 743 g/mol. The number of pyridine rings is 1. The van der Waals surface area contributed by atoms with Gasteiger partial charge in [0.05, 0.1) is 13.8 Å². The fraction of sp³-hybridized carbons (Fsp3) is 0.235. The maximum absolute atomic E-state index is 10.0. The summed E-state index contributed by atoms with van der Waals surface area (Å²) in [6.45, 7) is 14.6. The van der Waals surface area contributed by atoms with Crippen LogP contribution < -0.4 is 5.19 Å². The Morgan fingerprint density at radius 3 is 2.25 bits per heavy atom. The van der Waals surface area contributed by atoms with Crippen molar-refractivity contribution in [1.29, 1.82) is 0 Å². The van der Waals surface area contributed by atoms with Crippen molar-refractivity contribution in [2.24, 2.45) is 0 Å². The number of benzene rings is 3. The number of allylic oxidation sites excluding steroid dienone is 2. The van der Waals surface area contributed by atoms with Crippen molar-refractivity contribution >= 4 is 51.2 Å². The van der Waals surface area contributed by atoms with E-state index in [1.807, 2.05) is 17.5 Å². The van der Waals surface area contributed by atoms with Gasteiger partial charge in [-0.25, -0.2) is 0 Å². The van der Waals surface area contributed by atoms with Crippen LogP contribution >= 0.6 is 11.3 Å². The molecule has 1 radical (unpaired) electrons. The number of aromatic nitrogens is 1. The molecule has 0 saturated carbocycles. The first kappa shape index (κ1) is 31.6.